The van der Waals surface area contributed by atoms with Crippen molar-refractivity contribution in [2.75, 3.05) is 11.9 Å². The average Bonchev–Trinajstić information content (AvgIpc) is 2.52. The maximum Gasteiger partial charge on any atom is 0.269 e. The highest BCUT2D eigenvalue weighted by molar-refractivity contribution is 5.93. The Kier molecular flexibility index (Phi) is 5.32. The second kappa shape index (κ2) is 7.43. The summed E-state index contributed by atoms with van der Waals surface area (Å²) in [7, 11) is 0. The number of anilines is 1. The van der Waals surface area contributed by atoms with Crippen LogP contribution < -0.4 is 10.6 Å². The first-order valence-electron chi connectivity index (χ1n) is 7.22. The lowest BCUT2D eigenvalue weighted by Gasteiger charge is -2.08. The van der Waals surface area contributed by atoms with E-state index in [0.29, 0.717) is 12.2 Å². The van der Waals surface area contributed by atoms with Gasteiger partial charge in [0.25, 0.3) is 5.91 Å². The molecule has 0 aliphatic rings. The van der Waals surface area contributed by atoms with Crippen molar-refractivity contribution in [3.63, 3.8) is 0 Å². The van der Waals surface area contributed by atoms with Gasteiger partial charge in [0.05, 0.1) is 0 Å². The lowest BCUT2D eigenvalue weighted by Crippen LogP contribution is -2.24. The molecule has 0 radical (unpaired) electrons. The first-order chi connectivity index (χ1) is 10.2. The van der Waals surface area contributed by atoms with Crippen LogP contribution in [0.5, 0.6) is 0 Å². The van der Waals surface area contributed by atoms with Gasteiger partial charge in [0, 0.05) is 25.0 Å². The lowest BCUT2D eigenvalue weighted by atomic mass is 10.1. The summed E-state index contributed by atoms with van der Waals surface area (Å²) in [5.74, 6) is -0.129. The summed E-state index contributed by atoms with van der Waals surface area (Å²) in [5, 5.41) is 6.14. The van der Waals surface area contributed by atoms with Crippen molar-refractivity contribution in [1.82, 2.24) is 10.3 Å². The average molecular weight is 283 g/mol. The van der Waals surface area contributed by atoms with Crippen molar-refractivity contribution in [2.24, 2.45) is 0 Å². The van der Waals surface area contributed by atoms with E-state index in [1.54, 1.807) is 12.3 Å². The number of amides is 1. The van der Waals surface area contributed by atoms with Crippen molar-refractivity contribution in [3.8, 4) is 0 Å². The summed E-state index contributed by atoms with van der Waals surface area (Å²) in [6.07, 6.45) is 2.56. The summed E-state index contributed by atoms with van der Waals surface area (Å²) in [6, 6.07) is 12.0. The number of carbonyl (C=O) groups excluding carboxylic acids is 1. The second-order valence-corrected chi connectivity index (χ2v) is 5.02. The Labute approximate surface area is 125 Å². The van der Waals surface area contributed by atoms with Gasteiger partial charge in [0.15, 0.2) is 0 Å². The number of aromatic nitrogens is 1. The molecule has 0 aliphatic carbocycles. The van der Waals surface area contributed by atoms with Crippen LogP contribution in [0.1, 0.15) is 35.0 Å². The van der Waals surface area contributed by atoms with E-state index < -0.39 is 0 Å². The summed E-state index contributed by atoms with van der Waals surface area (Å²) in [6.45, 7) is 5.48. The summed E-state index contributed by atoms with van der Waals surface area (Å²) >= 11 is 0. The maximum atomic E-state index is 11.9. The Hall–Kier alpha value is -2.36. The fourth-order valence-electron chi connectivity index (χ4n) is 1.90. The van der Waals surface area contributed by atoms with E-state index in [1.165, 1.54) is 11.1 Å². The summed E-state index contributed by atoms with van der Waals surface area (Å²) in [4.78, 5) is 16.0. The van der Waals surface area contributed by atoms with Gasteiger partial charge in [-0.25, -0.2) is 0 Å². The molecular weight excluding hydrogens is 262 g/mol. The van der Waals surface area contributed by atoms with E-state index in [2.05, 4.69) is 46.8 Å². The number of hydrogen-bond donors (Lipinski definition) is 2. The first-order valence-corrected chi connectivity index (χ1v) is 7.22. The Morgan fingerprint density at radius 3 is 2.67 bits per heavy atom. The van der Waals surface area contributed by atoms with Crippen LogP contribution in [-0.4, -0.2) is 17.4 Å². The van der Waals surface area contributed by atoms with Crippen LogP contribution in [0.25, 0.3) is 0 Å². The van der Waals surface area contributed by atoms with Crippen molar-refractivity contribution in [3.05, 3.63) is 59.4 Å². The van der Waals surface area contributed by atoms with Gasteiger partial charge in [-0.1, -0.05) is 36.8 Å². The first kappa shape index (κ1) is 15.0. The molecule has 21 heavy (non-hydrogen) atoms. The Morgan fingerprint density at radius 2 is 1.95 bits per heavy atom. The number of rotatable bonds is 6. The molecule has 0 unspecified atom stereocenters. The van der Waals surface area contributed by atoms with Crippen LogP contribution in [-0.2, 0) is 6.54 Å². The van der Waals surface area contributed by atoms with E-state index in [0.717, 1.165) is 18.7 Å². The molecule has 1 amide bonds. The number of nitrogens with zero attached hydrogens (tertiary/aromatic N) is 1. The van der Waals surface area contributed by atoms with E-state index in [9.17, 15) is 4.79 Å². The molecule has 2 N–H and O–H groups in total. The van der Waals surface area contributed by atoms with Crippen LogP contribution in [0.15, 0.2) is 42.6 Å². The quantitative estimate of drug-likeness (QED) is 0.856. The second-order valence-electron chi connectivity index (χ2n) is 5.02. The van der Waals surface area contributed by atoms with Crippen molar-refractivity contribution >= 4 is 11.6 Å². The fourth-order valence-corrected chi connectivity index (χ4v) is 1.90. The molecule has 0 bridgehead atoms. The van der Waals surface area contributed by atoms with Crippen LogP contribution in [0.2, 0.25) is 0 Å². The predicted octanol–water partition coefficient (Wildman–Crippen LogP) is 3.14. The molecule has 1 heterocycles. The largest absolute Gasteiger partial charge is 0.381 e. The zero-order valence-electron chi connectivity index (χ0n) is 12.5. The molecule has 1 aromatic carbocycles. The third kappa shape index (κ3) is 4.60. The fraction of sp³-hybridized carbons (Fsp3) is 0.294. The van der Waals surface area contributed by atoms with Crippen molar-refractivity contribution in [2.45, 2.75) is 26.8 Å². The van der Waals surface area contributed by atoms with Gasteiger partial charge in [-0.05, 0) is 31.0 Å². The van der Waals surface area contributed by atoms with E-state index in [4.69, 9.17) is 0 Å². The number of hydrogen-bond acceptors (Lipinski definition) is 3. The molecule has 4 nitrogen and oxygen atoms in total. The van der Waals surface area contributed by atoms with Crippen LogP contribution in [0.4, 0.5) is 5.69 Å². The molecular formula is C17H21N3O. The highest BCUT2D eigenvalue weighted by Gasteiger charge is 2.06. The van der Waals surface area contributed by atoms with Crippen molar-refractivity contribution < 1.29 is 4.79 Å². The molecule has 0 spiro atoms. The number of benzene rings is 1. The number of nitrogens with one attached hydrogen (secondary N) is 2. The van der Waals surface area contributed by atoms with E-state index in [1.807, 2.05) is 13.0 Å². The van der Waals surface area contributed by atoms with Gasteiger partial charge in [-0.2, -0.15) is 0 Å². The Balaban J connectivity index is 1.97. The number of aryl methyl sites for hydroxylation is 1. The zero-order valence-corrected chi connectivity index (χ0v) is 12.5. The SMILES string of the molecule is CCCNC(=O)c1cc(NCc2ccc(C)cc2)ccn1. The summed E-state index contributed by atoms with van der Waals surface area (Å²) < 4.78 is 0. The van der Waals surface area contributed by atoms with Crippen molar-refractivity contribution in [1.29, 1.82) is 0 Å². The third-order valence-electron chi connectivity index (χ3n) is 3.15. The van der Waals surface area contributed by atoms with Gasteiger partial charge in [-0.3, -0.25) is 9.78 Å². The van der Waals surface area contributed by atoms with Gasteiger partial charge < -0.3 is 10.6 Å². The molecule has 0 saturated heterocycles. The Bertz CT molecular complexity index is 593. The molecule has 1 aromatic heterocycles. The molecule has 0 saturated carbocycles. The Morgan fingerprint density at radius 1 is 1.19 bits per heavy atom. The highest BCUT2D eigenvalue weighted by Crippen LogP contribution is 2.11. The van der Waals surface area contributed by atoms with Gasteiger partial charge in [0.1, 0.15) is 5.69 Å². The zero-order chi connectivity index (χ0) is 15.1. The van der Waals surface area contributed by atoms with Gasteiger partial charge >= 0.3 is 0 Å². The number of carbonyl (C=O) groups is 1. The molecule has 2 rings (SSSR count). The molecule has 0 aliphatic heterocycles. The van der Waals surface area contributed by atoms with Gasteiger partial charge in [0.2, 0.25) is 0 Å². The maximum absolute atomic E-state index is 11.9. The minimum Gasteiger partial charge on any atom is -0.381 e. The number of pyridine rings is 1. The van der Waals surface area contributed by atoms with Crippen LogP contribution in [0.3, 0.4) is 0 Å². The third-order valence-corrected chi connectivity index (χ3v) is 3.15. The molecule has 2 aromatic rings. The molecule has 4 heteroatoms. The lowest BCUT2D eigenvalue weighted by molar-refractivity contribution is 0.0949. The summed E-state index contributed by atoms with van der Waals surface area (Å²) in [5.41, 5.74) is 3.79. The highest BCUT2D eigenvalue weighted by atomic mass is 16.1. The van der Waals surface area contributed by atoms with Crippen LogP contribution >= 0.6 is 0 Å². The molecule has 0 atom stereocenters. The van der Waals surface area contributed by atoms with Crippen LogP contribution in [0, 0.1) is 6.92 Å². The normalized spacial score (nSPS) is 10.2. The minimum atomic E-state index is -0.129. The molecule has 0 fully saturated rings. The van der Waals surface area contributed by atoms with E-state index in [-0.39, 0.29) is 5.91 Å². The smallest absolute Gasteiger partial charge is 0.269 e. The standard InChI is InChI=1S/C17H21N3O/c1-3-9-19-17(21)16-11-15(8-10-18-16)20-12-14-6-4-13(2)5-7-14/h4-8,10-11H,3,9,12H2,1-2H3,(H,18,20)(H,19,21). The monoisotopic (exact) mass is 283 g/mol. The van der Waals surface area contributed by atoms with Gasteiger partial charge in [-0.15, -0.1) is 0 Å². The molecule has 110 valence electrons. The topological polar surface area (TPSA) is 54.0 Å². The predicted molar refractivity (Wildman–Crippen MR) is 85.4 cm³/mol. The van der Waals surface area contributed by atoms with E-state index >= 15 is 0 Å². The minimum absolute atomic E-state index is 0.129.